The van der Waals surface area contributed by atoms with Crippen LogP contribution in [-0.2, 0) is 16.1 Å². The first-order chi connectivity index (χ1) is 15.5. The smallest absolute Gasteiger partial charge is 0.271 e. The Labute approximate surface area is 185 Å². The molecule has 3 aromatic rings. The van der Waals surface area contributed by atoms with Crippen LogP contribution < -0.4 is 16.8 Å². The molecule has 0 radical (unpaired) electrons. The molecule has 1 aliphatic rings. The number of primary amides is 1. The van der Waals surface area contributed by atoms with Gasteiger partial charge in [0.05, 0.1) is 5.92 Å². The van der Waals surface area contributed by atoms with Gasteiger partial charge in [-0.05, 0) is 30.2 Å². The Morgan fingerprint density at radius 2 is 1.97 bits per heavy atom. The van der Waals surface area contributed by atoms with E-state index in [9.17, 15) is 9.59 Å². The van der Waals surface area contributed by atoms with E-state index in [1.807, 2.05) is 42.5 Å². The van der Waals surface area contributed by atoms with Crippen molar-refractivity contribution in [3.05, 3.63) is 89.8 Å². The van der Waals surface area contributed by atoms with Crippen LogP contribution in [0.1, 0.15) is 22.5 Å². The molecule has 1 heterocycles. The molecule has 8 heteroatoms. The van der Waals surface area contributed by atoms with E-state index in [1.165, 1.54) is 0 Å². The zero-order chi connectivity index (χ0) is 22.5. The quantitative estimate of drug-likeness (QED) is 0.427. The van der Waals surface area contributed by atoms with Crippen molar-refractivity contribution in [1.82, 2.24) is 9.97 Å². The minimum Gasteiger partial charge on any atom is -0.492 e. The number of carbonyl (C=O) groups excluding carboxylic acids is 2. The Hall–Kier alpha value is -4.33. The maximum atomic E-state index is 13.1. The van der Waals surface area contributed by atoms with Gasteiger partial charge in [-0.15, -0.1) is 0 Å². The maximum absolute atomic E-state index is 13.1. The molecule has 1 atom stereocenters. The Balaban J connectivity index is 1.52. The number of allylic oxidation sites excluding steroid dienone is 3. The molecular formula is C24H23N5O3. The monoisotopic (exact) mass is 429 g/mol. The SMILES string of the molecule is NC(=O)c1nc(-c2cccc(N)c2)[nH]c1NC(=O)C1CC=CC=C1OCc1ccccc1. The number of aromatic amines is 1. The van der Waals surface area contributed by atoms with Crippen LogP contribution >= 0.6 is 0 Å². The summed E-state index contributed by atoms with van der Waals surface area (Å²) in [4.78, 5) is 32.2. The van der Waals surface area contributed by atoms with E-state index in [1.54, 1.807) is 30.3 Å². The highest BCUT2D eigenvalue weighted by atomic mass is 16.5. The number of imidazole rings is 1. The zero-order valence-corrected chi connectivity index (χ0v) is 17.2. The largest absolute Gasteiger partial charge is 0.492 e. The number of carbonyl (C=O) groups is 2. The number of hydrogen-bond donors (Lipinski definition) is 4. The lowest BCUT2D eigenvalue weighted by Gasteiger charge is -2.21. The summed E-state index contributed by atoms with van der Waals surface area (Å²) in [6.07, 6.45) is 5.98. The molecule has 1 unspecified atom stereocenters. The second-order valence-corrected chi connectivity index (χ2v) is 7.35. The third-order valence-electron chi connectivity index (χ3n) is 5.02. The lowest BCUT2D eigenvalue weighted by atomic mass is 9.97. The molecule has 0 saturated heterocycles. The lowest BCUT2D eigenvalue weighted by Crippen LogP contribution is -2.27. The molecule has 0 aliphatic heterocycles. The van der Waals surface area contributed by atoms with Crippen molar-refractivity contribution in [2.24, 2.45) is 11.7 Å². The van der Waals surface area contributed by atoms with Crippen LogP contribution in [0.25, 0.3) is 11.4 Å². The number of anilines is 2. The van der Waals surface area contributed by atoms with Crippen molar-refractivity contribution in [2.75, 3.05) is 11.1 Å². The number of H-pyrrole nitrogens is 1. The van der Waals surface area contributed by atoms with Gasteiger partial charge in [0.25, 0.3) is 5.91 Å². The number of nitrogens with one attached hydrogen (secondary N) is 2. The predicted molar refractivity (Wildman–Crippen MR) is 122 cm³/mol. The maximum Gasteiger partial charge on any atom is 0.271 e. The van der Waals surface area contributed by atoms with E-state index < -0.39 is 11.8 Å². The van der Waals surface area contributed by atoms with Crippen LogP contribution in [-0.4, -0.2) is 21.8 Å². The first-order valence-corrected chi connectivity index (χ1v) is 10.1. The van der Waals surface area contributed by atoms with Crippen LogP contribution in [0.15, 0.2) is 78.6 Å². The van der Waals surface area contributed by atoms with E-state index >= 15 is 0 Å². The van der Waals surface area contributed by atoms with Crippen molar-refractivity contribution < 1.29 is 14.3 Å². The lowest BCUT2D eigenvalue weighted by molar-refractivity contribution is -0.120. The summed E-state index contributed by atoms with van der Waals surface area (Å²) in [5, 5.41) is 2.75. The van der Waals surface area contributed by atoms with Crippen LogP contribution in [0.5, 0.6) is 0 Å². The van der Waals surface area contributed by atoms with Crippen molar-refractivity contribution in [3.8, 4) is 11.4 Å². The molecule has 0 bridgehead atoms. The molecule has 0 saturated carbocycles. The normalized spacial score (nSPS) is 15.1. The molecule has 1 aromatic heterocycles. The summed E-state index contributed by atoms with van der Waals surface area (Å²) in [6, 6.07) is 16.7. The Kier molecular flexibility index (Phi) is 6.03. The minimum absolute atomic E-state index is 0.0575. The van der Waals surface area contributed by atoms with E-state index in [4.69, 9.17) is 16.2 Å². The highest BCUT2D eigenvalue weighted by Gasteiger charge is 2.27. The van der Waals surface area contributed by atoms with Gasteiger partial charge in [-0.3, -0.25) is 9.59 Å². The number of nitrogens with two attached hydrogens (primary N) is 2. The highest BCUT2D eigenvalue weighted by molar-refractivity contribution is 6.02. The molecule has 2 aromatic carbocycles. The minimum atomic E-state index is -0.758. The summed E-state index contributed by atoms with van der Waals surface area (Å²) >= 11 is 0. The average molecular weight is 429 g/mol. The third-order valence-corrected chi connectivity index (χ3v) is 5.02. The van der Waals surface area contributed by atoms with Crippen molar-refractivity contribution in [1.29, 1.82) is 0 Å². The number of nitrogens with zero attached hydrogens (tertiary/aromatic N) is 1. The summed E-state index contributed by atoms with van der Waals surface area (Å²) in [6.45, 7) is 0.348. The molecule has 32 heavy (non-hydrogen) atoms. The van der Waals surface area contributed by atoms with Gasteiger partial charge in [0.2, 0.25) is 5.91 Å². The number of amides is 2. The summed E-state index contributed by atoms with van der Waals surface area (Å²) in [5.74, 6) is -0.586. The fraction of sp³-hybridized carbons (Fsp3) is 0.125. The number of ether oxygens (including phenoxy) is 1. The summed E-state index contributed by atoms with van der Waals surface area (Å²) in [5.41, 5.74) is 13.5. The van der Waals surface area contributed by atoms with Gasteiger partial charge in [0.15, 0.2) is 5.69 Å². The number of aromatic nitrogens is 2. The van der Waals surface area contributed by atoms with Crippen LogP contribution in [0.4, 0.5) is 11.5 Å². The molecule has 0 fully saturated rings. The summed E-state index contributed by atoms with van der Waals surface area (Å²) < 4.78 is 5.92. The van der Waals surface area contributed by atoms with Gasteiger partial charge >= 0.3 is 0 Å². The highest BCUT2D eigenvalue weighted by Crippen LogP contribution is 2.27. The first-order valence-electron chi connectivity index (χ1n) is 10.1. The topological polar surface area (TPSA) is 136 Å². The Bertz CT molecular complexity index is 1200. The fourth-order valence-corrected chi connectivity index (χ4v) is 3.41. The standard InChI is InChI=1S/C24H23N5O3/c25-17-10-6-9-16(13-17)22-27-20(21(26)30)23(28-22)29-24(31)18-11-4-5-12-19(18)32-14-15-7-2-1-3-8-15/h1-10,12-13,18H,11,14,25H2,(H2,26,30)(H,27,28)(H,29,31). The zero-order valence-electron chi connectivity index (χ0n) is 17.2. The molecule has 8 nitrogen and oxygen atoms in total. The molecule has 162 valence electrons. The van der Waals surface area contributed by atoms with Crippen molar-refractivity contribution in [3.63, 3.8) is 0 Å². The average Bonchev–Trinajstić information content (AvgIpc) is 3.23. The fourth-order valence-electron chi connectivity index (χ4n) is 3.41. The van der Waals surface area contributed by atoms with E-state index in [-0.39, 0.29) is 17.4 Å². The molecular weight excluding hydrogens is 406 g/mol. The number of benzene rings is 2. The van der Waals surface area contributed by atoms with E-state index in [0.717, 1.165) is 5.56 Å². The first kappa shape index (κ1) is 20.9. The molecule has 0 spiro atoms. The molecule has 6 N–H and O–H groups in total. The van der Waals surface area contributed by atoms with Crippen molar-refractivity contribution >= 4 is 23.3 Å². The molecule has 2 amide bonds. The van der Waals surface area contributed by atoms with Gasteiger partial charge < -0.3 is 26.5 Å². The van der Waals surface area contributed by atoms with Gasteiger partial charge in [0.1, 0.15) is 24.0 Å². The van der Waals surface area contributed by atoms with Crippen molar-refractivity contribution in [2.45, 2.75) is 13.0 Å². The van der Waals surface area contributed by atoms with E-state index in [0.29, 0.717) is 35.9 Å². The second kappa shape index (κ2) is 9.22. The Morgan fingerprint density at radius 1 is 1.16 bits per heavy atom. The summed E-state index contributed by atoms with van der Waals surface area (Å²) in [7, 11) is 0. The van der Waals surface area contributed by atoms with Gasteiger partial charge in [-0.25, -0.2) is 4.98 Å². The number of rotatable bonds is 7. The molecule has 4 rings (SSSR count). The second-order valence-electron chi connectivity index (χ2n) is 7.35. The van der Waals surface area contributed by atoms with Crippen LogP contribution in [0.2, 0.25) is 0 Å². The van der Waals surface area contributed by atoms with E-state index in [2.05, 4.69) is 15.3 Å². The van der Waals surface area contributed by atoms with Gasteiger partial charge in [-0.1, -0.05) is 54.6 Å². The van der Waals surface area contributed by atoms with Crippen LogP contribution in [0.3, 0.4) is 0 Å². The van der Waals surface area contributed by atoms with Gasteiger partial charge in [-0.2, -0.15) is 0 Å². The van der Waals surface area contributed by atoms with Gasteiger partial charge in [0, 0.05) is 11.3 Å². The number of hydrogen-bond acceptors (Lipinski definition) is 5. The third kappa shape index (κ3) is 4.70. The molecule has 1 aliphatic carbocycles. The Morgan fingerprint density at radius 3 is 2.72 bits per heavy atom. The van der Waals surface area contributed by atoms with Crippen LogP contribution in [0, 0.1) is 5.92 Å². The number of nitrogen functional groups attached to an aromatic ring is 1. The predicted octanol–water partition coefficient (Wildman–Crippen LogP) is 3.37.